The molecule has 1 fully saturated rings. The lowest BCUT2D eigenvalue weighted by atomic mass is 10.0. The van der Waals surface area contributed by atoms with Gasteiger partial charge in [-0.15, -0.1) is 0 Å². The van der Waals surface area contributed by atoms with Crippen molar-refractivity contribution in [2.45, 2.75) is 6.42 Å². The van der Waals surface area contributed by atoms with Crippen LogP contribution in [0.3, 0.4) is 0 Å². The molecule has 2 heterocycles. The number of amides is 1. The summed E-state index contributed by atoms with van der Waals surface area (Å²) in [6.07, 6.45) is 2.57. The predicted octanol–water partition coefficient (Wildman–Crippen LogP) is 3.30. The molecule has 1 saturated heterocycles. The molecule has 1 amide bonds. The minimum atomic E-state index is -0.402. The van der Waals surface area contributed by atoms with Gasteiger partial charge in [0.2, 0.25) is 0 Å². The van der Waals surface area contributed by atoms with E-state index in [0.717, 1.165) is 23.5 Å². The summed E-state index contributed by atoms with van der Waals surface area (Å²) >= 11 is 1.85. The van der Waals surface area contributed by atoms with Gasteiger partial charge in [-0.3, -0.25) is 4.90 Å². The van der Waals surface area contributed by atoms with Gasteiger partial charge >= 0.3 is 6.09 Å². The van der Waals surface area contributed by atoms with Crippen molar-refractivity contribution >= 4 is 29.1 Å². The third-order valence-corrected chi connectivity index (χ3v) is 4.23. The van der Waals surface area contributed by atoms with Crippen LogP contribution in [0, 0.1) is 5.82 Å². The highest BCUT2D eigenvalue weighted by Gasteiger charge is 2.24. The SMILES string of the molecule is O=C1OCCN1c1ccc(C2=CCSCC2)c(F)c1. The first-order chi connectivity index (χ1) is 9.25. The lowest BCUT2D eigenvalue weighted by Crippen LogP contribution is -2.23. The number of rotatable bonds is 2. The number of allylic oxidation sites excluding steroid dienone is 1. The second-order valence-electron chi connectivity index (χ2n) is 4.48. The zero-order valence-corrected chi connectivity index (χ0v) is 11.2. The van der Waals surface area contributed by atoms with Crippen LogP contribution in [0.1, 0.15) is 12.0 Å². The first-order valence-corrected chi connectivity index (χ1v) is 7.42. The fraction of sp³-hybridized carbons (Fsp3) is 0.357. The number of nitrogens with zero attached hydrogens (tertiary/aromatic N) is 1. The number of hydrogen-bond donors (Lipinski definition) is 0. The Morgan fingerprint density at radius 2 is 2.26 bits per heavy atom. The molecule has 0 aromatic heterocycles. The number of halogens is 1. The molecule has 2 aliphatic rings. The molecule has 1 aromatic rings. The van der Waals surface area contributed by atoms with E-state index >= 15 is 0 Å². The molecule has 100 valence electrons. The number of cyclic esters (lactones) is 1. The third-order valence-electron chi connectivity index (χ3n) is 3.33. The van der Waals surface area contributed by atoms with Crippen molar-refractivity contribution in [2.24, 2.45) is 0 Å². The number of hydrogen-bond acceptors (Lipinski definition) is 3. The molecule has 1 aromatic carbocycles. The maximum Gasteiger partial charge on any atom is 0.414 e. The van der Waals surface area contributed by atoms with Gasteiger partial charge in [0.15, 0.2) is 0 Å². The molecule has 3 rings (SSSR count). The Morgan fingerprint density at radius 3 is 2.89 bits per heavy atom. The summed E-state index contributed by atoms with van der Waals surface area (Å²) in [5.74, 6) is 1.70. The van der Waals surface area contributed by atoms with Crippen LogP contribution in [0.25, 0.3) is 5.57 Å². The van der Waals surface area contributed by atoms with Crippen molar-refractivity contribution in [3.8, 4) is 0 Å². The van der Waals surface area contributed by atoms with Gasteiger partial charge in [0, 0.05) is 11.3 Å². The Morgan fingerprint density at radius 1 is 1.37 bits per heavy atom. The molecule has 0 aliphatic carbocycles. The van der Waals surface area contributed by atoms with E-state index in [1.807, 2.05) is 11.8 Å². The summed E-state index contributed by atoms with van der Waals surface area (Å²) in [6.45, 7) is 0.849. The second kappa shape index (κ2) is 5.25. The molecular weight excluding hydrogens is 265 g/mol. The normalized spacial score (nSPS) is 19.3. The highest BCUT2D eigenvalue weighted by atomic mass is 32.2. The predicted molar refractivity (Wildman–Crippen MR) is 75.0 cm³/mol. The van der Waals surface area contributed by atoms with Crippen molar-refractivity contribution < 1.29 is 13.9 Å². The molecule has 0 spiro atoms. The number of ether oxygens (including phenoxy) is 1. The summed E-state index contributed by atoms with van der Waals surface area (Å²) < 4.78 is 19.0. The molecule has 5 heteroatoms. The Bertz CT molecular complexity index is 544. The lowest BCUT2D eigenvalue weighted by Gasteiger charge is -2.16. The molecule has 0 bridgehead atoms. The van der Waals surface area contributed by atoms with Gasteiger partial charge in [-0.25, -0.2) is 9.18 Å². The standard InChI is InChI=1S/C14H14FNO2S/c15-13-9-11(16-5-6-18-14(16)17)1-2-12(13)10-3-7-19-8-4-10/h1-3,9H,4-8H2. The van der Waals surface area contributed by atoms with Crippen LogP contribution >= 0.6 is 11.8 Å². The van der Waals surface area contributed by atoms with Gasteiger partial charge in [0.05, 0.1) is 12.2 Å². The van der Waals surface area contributed by atoms with E-state index in [1.165, 1.54) is 11.0 Å². The van der Waals surface area contributed by atoms with Crippen LogP contribution in [0.15, 0.2) is 24.3 Å². The molecule has 19 heavy (non-hydrogen) atoms. The van der Waals surface area contributed by atoms with Crippen molar-refractivity contribution in [1.82, 2.24) is 0 Å². The van der Waals surface area contributed by atoms with E-state index in [9.17, 15) is 9.18 Å². The average Bonchev–Trinajstić information content (AvgIpc) is 2.86. The molecule has 0 N–H and O–H groups in total. The van der Waals surface area contributed by atoms with Gasteiger partial charge < -0.3 is 4.74 Å². The molecule has 0 unspecified atom stereocenters. The topological polar surface area (TPSA) is 29.5 Å². The first kappa shape index (κ1) is 12.5. The second-order valence-corrected chi connectivity index (χ2v) is 5.63. The van der Waals surface area contributed by atoms with Crippen molar-refractivity contribution in [1.29, 1.82) is 0 Å². The van der Waals surface area contributed by atoms with E-state index in [0.29, 0.717) is 24.4 Å². The fourth-order valence-corrected chi connectivity index (χ4v) is 3.18. The van der Waals surface area contributed by atoms with Crippen LogP contribution in [-0.2, 0) is 4.74 Å². The molecular formula is C14H14FNO2S. The van der Waals surface area contributed by atoms with Crippen molar-refractivity contribution in [3.63, 3.8) is 0 Å². The Labute approximate surface area is 115 Å². The van der Waals surface area contributed by atoms with Crippen LogP contribution < -0.4 is 4.90 Å². The summed E-state index contributed by atoms with van der Waals surface area (Å²) in [4.78, 5) is 12.9. The summed E-state index contributed by atoms with van der Waals surface area (Å²) in [7, 11) is 0. The van der Waals surface area contributed by atoms with Gasteiger partial charge in [0.1, 0.15) is 12.4 Å². The average molecular weight is 279 g/mol. The van der Waals surface area contributed by atoms with Gasteiger partial charge in [-0.05, 0) is 35.9 Å². The van der Waals surface area contributed by atoms with Crippen LogP contribution in [0.4, 0.5) is 14.9 Å². The smallest absolute Gasteiger partial charge is 0.414 e. The summed E-state index contributed by atoms with van der Waals surface area (Å²) in [6, 6.07) is 4.97. The Kier molecular flexibility index (Phi) is 3.46. The van der Waals surface area contributed by atoms with Crippen molar-refractivity contribution in [2.75, 3.05) is 29.6 Å². The van der Waals surface area contributed by atoms with Gasteiger partial charge in [-0.1, -0.05) is 6.08 Å². The minimum Gasteiger partial charge on any atom is -0.447 e. The van der Waals surface area contributed by atoms with Crippen molar-refractivity contribution in [3.05, 3.63) is 35.7 Å². The summed E-state index contributed by atoms with van der Waals surface area (Å²) in [5.41, 5.74) is 2.28. The molecule has 0 radical (unpaired) electrons. The molecule has 0 atom stereocenters. The third kappa shape index (κ3) is 2.47. The maximum atomic E-state index is 14.2. The number of carbonyl (C=O) groups is 1. The fourth-order valence-electron chi connectivity index (χ4n) is 2.33. The number of carbonyl (C=O) groups excluding carboxylic acids is 1. The molecule has 2 aliphatic heterocycles. The van der Waals surface area contributed by atoms with Crippen LogP contribution in [0.5, 0.6) is 0 Å². The first-order valence-electron chi connectivity index (χ1n) is 6.27. The highest BCUT2D eigenvalue weighted by Crippen LogP contribution is 2.30. The molecule has 0 saturated carbocycles. The largest absolute Gasteiger partial charge is 0.447 e. The van der Waals surface area contributed by atoms with E-state index in [2.05, 4.69) is 6.08 Å². The van der Waals surface area contributed by atoms with E-state index in [4.69, 9.17) is 4.74 Å². The number of benzene rings is 1. The van der Waals surface area contributed by atoms with Gasteiger partial charge in [0.25, 0.3) is 0 Å². The van der Waals surface area contributed by atoms with E-state index in [-0.39, 0.29) is 5.82 Å². The minimum absolute atomic E-state index is 0.268. The zero-order valence-electron chi connectivity index (χ0n) is 10.4. The number of anilines is 1. The Balaban J connectivity index is 1.89. The Hall–Kier alpha value is -1.49. The monoisotopic (exact) mass is 279 g/mol. The maximum absolute atomic E-state index is 14.2. The van der Waals surface area contributed by atoms with Gasteiger partial charge in [-0.2, -0.15) is 11.8 Å². The van der Waals surface area contributed by atoms with Crippen LogP contribution in [-0.4, -0.2) is 30.8 Å². The number of thioether (sulfide) groups is 1. The molecule has 3 nitrogen and oxygen atoms in total. The summed E-state index contributed by atoms with van der Waals surface area (Å²) in [5, 5.41) is 0. The van der Waals surface area contributed by atoms with Crippen LogP contribution in [0.2, 0.25) is 0 Å². The zero-order chi connectivity index (χ0) is 13.2. The van der Waals surface area contributed by atoms with E-state index < -0.39 is 6.09 Å². The highest BCUT2D eigenvalue weighted by molar-refractivity contribution is 7.99. The van der Waals surface area contributed by atoms with E-state index in [1.54, 1.807) is 12.1 Å². The quantitative estimate of drug-likeness (QED) is 0.832. The lowest BCUT2D eigenvalue weighted by molar-refractivity contribution is 0.181.